The number of carbonyl (C=O) groups excluding carboxylic acids is 2. The monoisotopic (exact) mass is 622 g/mol. The summed E-state index contributed by atoms with van der Waals surface area (Å²) >= 11 is 13.0. The van der Waals surface area contributed by atoms with E-state index in [0.29, 0.717) is 33.6 Å². The van der Waals surface area contributed by atoms with E-state index in [1.807, 2.05) is 0 Å². The molecule has 0 aliphatic carbocycles. The van der Waals surface area contributed by atoms with Crippen LogP contribution in [0.1, 0.15) is 66.4 Å². The van der Waals surface area contributed by atoms with Gasteiger partial charge in [0, 0.05) is 5.56 Å². The van der Waals surface area contributed by atoms with Crippen LogP contribution in [0.4, 0.5) is 15.4 Å². The molecule has 0 N–H and O–H groups in total. The minimum Gasteiger partial charge on any atom is -0.493 e. The highest BCUT2D eigenvalue weighted by Gasteiger charge is 2.35. The Labute approximate surface area is 257 Å². The predicted octanol–water partition coefficient (Wildman–Crippen LogP) is 6.97. The minimum absolute atomic E-state index is 0.0753. The van der Waals surface area contributed by atoms with Crippen molar-refractivity contribution in [3.8, 4) is 5.75 Å². The first-order valence-corrected chi connectivity index (χ1v) is 14.5. The van der Waals surface area contributed by atoms with Crippen LogP contribution in [0.15, 0.2) is 24.8 Å². The summed E-state index contributed by atoms with van der Waals surface area (Å²) in [4.78, 5) is 42.3. The summed E-state index contributed by atoms with van der Waals surface area (Å²) in [5, 5.41) is 0.729. The van der Waals surface area contributed by atoms with Gasteiger partial charge < -0.3 is 23.7 Å². The molecule has 0 radical (unpaired) electrons. The van der Waals surface area contributed by atoms with E-state index >= 15 is 0 Å². The molecule has 0 atom stereocenters. The molecule has 3 rings (SSSR count). The first-order valence-electron chi connectivity index (χ1n) is 13.7. The number of hydrogen-bond donors (Lipinski definition) is 0. The minimum atomic E-state index is -0.953. The molecule has 0 saturated heterocycles. The van der Waals surface area contributed by atoms with Gasteiger partial charge in [-0.05, 0) is 93.6 Å². The maximum Gasteiger partial charge on any atom is 0.425 e. The molecular formula is C29H40Cl2N6O5. The van der Waals surface area contributed by atoms with E-state index in [1.54, 1.807) is 58.2 Å². The van der Waals surface area contributed by atoms with E-state index in [0.717, 1.165) is 30.7 Å². The highest BCUT2D eigenvalue weighted by molar-refractivity contribution is 6.42. The number of amides is 2. The largest absolute Gasteiger partial charge is 0.493 e. The van der Waals surface area contributed by atoms with E-state index in [4.69, 9.17) is 37.4 Å². The third-order valence-corrected chi connectivity index (χ3v) is 6.58. The number of carbonyl (C=O) groups is 2. The van der Waals surface area contributed by atoms with Gasteiger partial charge >= 0.3 is 12.2 Å². The van der Waals surface area contributed by atoms with Crippen LogP contribution in [-0.4, -0.2) is 75.1 Å². The molecule has 0 unspecified atom stereocenters. The van der Waals surface area contributed by atoms with Crippen LogP contribution in [0, 0.1) is 0 Å². The molecule has 11 nitrogen and oxygen atoms in total. The van der Waals surface area contributed by atoms with E-state index in [1.165, 1.54) is 12.7 Å². The van der Waals surface area contributed by atoms with E-state index < -0.39 is 23.4 Å². The molecule has 230 valence electrons. The van der Waals surface area contributed by atoms with Crippen LogP contribution in [0.3, 0.4) is 0 Å². The van der Waals surface area contributed by atoms with Gasteiger partial charge in [-0.15, -0.1) is 0 Å². The topological polar surface area (TPSA) is 112 Å². The molecule has 2 amide bonds. The molecule has 0 fully saturated rings. The Balaban J connectivity index is 1.94. The number of nitrogens with zero attached hydrogens (tertiary/aromatic N) is 6. The Hall–Kier alpha value is -3.15. The summed E-state index contributed by atoms with van der Waals surface area (Å²) in [6.45, 7) is 11.9. The van der Waals surface area contributed by atoms with Crippen molar-refractivity contribution < 1.29 is 23.8 Å². The molecule has 1 aromatic carbocycles. The number of aromatic nitrogens is 4. The van der Waals surface area contributed by atoms with Crippen molar-refractivity contribution in [2.45, 2.75) is 78.6 Å². The lowest BCUT2D eigenvalue weighted by Gasteiger charge is -2.28. The standard InChI is InChI=1S/C29H40Cl2N6O5/c1-28(2,3)41-26(38)37(27(39)42-29(4,5)6)25-23-24(32-17-33-25)36(18-34-23)16-19-21(13-12-20(30)22(19)31)40-15-11-9-10-14-35(7)8/h12-13,17-18H,9-11,14-16H2,1-8H3. The van der Waals surface area contributed by atoms with Crippen molar-refractivity contribution in [3.05, 3.63) is 40.4 Å². The van der Waals surface area contributed by atoms with Gasteiger partial charge in [-0.1, -0.05) is 23.2 Å². The lowest BCUT2D eigenvalue weighted by molar-refractivity contribution is 0.0429. The maximum absolute atomic E-state index is 13.2. The zero-order chi connectivity index (χ0) is 31.2. The quantitative estimate of drug-likeness (QED) is 0.221. The summed E-state index contributed by atoms with van der Waals surface area (Å²) in [6.07, 6.45) is 3.86. The second-order valence-corrected chi connectivity index (χ2v) is 12.9. The average Bonchev–Trinajstić information content (AvgIpc) is 3.26. The van der Waals surface area contributed by atoms with Gasteiger partial charge in [0.1, 0.15) is 23.3 Å². The first-order chi connectivity index (χ1) is 19.6. The van der Waals surface area contributed by atoms with Crippen molar-refractivity contribution in [1.82, 2.24) is 24.4 Å². The fourth-order valence-electron chi connectivity index (χ4n) is 3.93. The number of rotatable bonds is 10. The number of unbranched alkanes of at least 4 members (excludes halogenated alkanes) is 2. The van der Waals surface area contributed by atoms with E-state index in [2.05, 4.69) is 33.9 Å². The van der Waals surface area contributed by atoms with Gasteiger partial charge in [0.2, 0.25) is 0 Å². The SMILES string of the molecule is CN(C)CCCCCOc1ccc(Cl)c(Cl)c1Cn1cnc2c(N(C(=O)OC(C)(C)C)C(=O)OC(C)(C)C)ncnc21. The number of ether oxygens (including phenoxy) is 3. The molecule has 0 bridgehead atoms. The molecular weight excluding hydrogens is 583 g/mol. The second kappa shape index (κ2) is 13.9. The van der Waals surface area contributed by atoms with Crippen LogP contribution in [0.2, 0.25) is 10.0 Å². The van der Waals surface area contributed by atoms with Crippen LogP contribution >= 0.6 is 23.2 Å². The average molecular weight is 624 g/mol. The summed E-state index contributed by atoms with van der Waals surface area (Å²) in [6, 6.07) is 3.48. The molecule has 2 heterocycles. The van der Waals surface area contributed by atoms with Gasteiger partial charge in [-0.2, -0.15) is 4.90 Å². The Morgan fingerprint density at radius 1 is 0.905 bits per heavy atom. The molecule has 3 aromatic rings. The summed E-state index contributed by atoms with van der Waals surface area (Å²) in [5.41, 5.74) is -0.573. The molecule has 0 aliphatic heterocycles. The molecule has 0 saturated carbocycles. The van der Waals surface area contributed by atoms with Crippen LogP contribution in [-0.2, 0) is 16.0 Å². The fraction of sp³-hybridized carbons (Fsp3) is 0.552. The van der Waals surface area contributed by atoms with Crippen LogP contribution in [0.25, 0.3) is 11.2 Å². The van der Waals surface area contributed by atoms with Gasteiger partial charge in [0.05, 0.1) is 29.5 Å². The Morgan fingerprint density at radius 3 is 2.14 bits per heavy atom. The Kier molecular flexibility index (Phi) is 11.0. The lowest BCUT2D eigenvalue weighted by Crippen LogP contribution is -2.44. The van der Waals surface area contributed by atoms with Gasteiger partial charge in [0.15, 0.2) is 17.0 Å². The molecule has 13 heteroatoms. The van der Waals surface area contributed by atoms with Crippen LogP contribution < -0.4 is 9.64 Å². The third-order valence-electron chi connectivity index (χ3n) is 5.73. The fourth-order valence-corrected chi connectivity index (χ4v) is 4.32. The lowest BCUT2D eigenvalue weighted by atomic mass is 10.2. The number of hydrogen-bond acceptors (Lipinski definition) is 9. The predicted molar refractivity (Wildman–Crippen MR) is 164 cm³/mol. The van der Waals surface area contributed by atoms with Crippen molar-refractivity contribution in [1.29, 1.82) is 0 Å². The zero-order valence-corrected chi connectivity index (χ0v) is 27.0. The van der Waals surface area contributed by atoms with Crippen LogP contribution in [0.5, 0.6) is 5.75 Å². The molecule has 42 heavy (non-hydrogen) atoms. The summed E-state index contributed by atoms with van der Waals surface area (Å²) in [5.74, 6) is 0.519. The first kappa shape index (κ1) is 33.4. The number of imide groups is 1. The number of benzene rings is 1. The molecule has 2 aromatic heterocycles. The van der Waals surface area contributed by atoms with Crippen molar-refractivity contribution in [2.75, 3.05) is 32.1 Å². The summed E-state index contributed by atoms with van der Waals surface area (Å²) < 4.78 is 18.8. The highest BCUT2D eigenvalue weighted by Crippen LogP contribution is 2.35. The molecule has 0 aliphatic rings. The zero-order valence-electron chi connectivity index (χ0n) is 25.5. The Bertz CT molecular complexity index is 1370. The second-order valence-electron chi connectivity index (χ2n) is 12.1. The number of imidazole rings is 1. The van der Waals surface area contributed by atoms with Crippen molar-refractivity contribution in [3.63, 3.8) is 0 Å². The Morgan fingerprint density at radius 2 is 1.55 bits per heavy atom. The number of anilines is 1. The van der Waals surface area contributed by atoms with Gasteiger partial charge in [0.25, 0.3) is 0 Å². The normalized spacial score (nSPS) is 12.1. The van der Waals surface area contributed by atoms with E-state index in [-0.39, 0.29) is 17.9 Å². The smallest absolute Gasteiger partial charge is 0.425 e. The third kappa shape index (κ3) is 9.17. The maximum atomic E-state index is 13.2. The van der Waals surface area contributed by atoms with Crippen molar-refractivity contribution >= 4 is 52.4 Å². The van der Waals surface area contributed by atoms with Gasteiger partial charge in [-0.25, -0.2) is 24.5 Å². The highest BCUT2D eigenvalue weighted by atomic mass is 35.5. The van der Waals surface area contributed by atoms with Gasteiger partial charge in [-0.3, -0.25) is 0 Å². The number of halogens is 2. The molecule has 0 spiro atoms. The van der Waals surface area contributed by atoms with E-state index in [9.17, 15) is 9.59 Å². The van der Waals surface area contributed by atoms with Crippen molar-refractivity contribution in [2.24, 2.45) is 0 Å². The summed E-state index contributed by atoms with van der Waals surface area (Å²) in [7, 11) is 4.11. The number of fused-ring (bicyclic) bond motifs is 1.